The maximum Gasteiger partial charge on any atom is 0.259 e. The van der Waals surface area contributed by atoms with E-state index in [-0.39, 0.29) is 17.3 Å². The zero-order valence-electron chi connectivity index (χ0n) is 10.5. The fourth-order valence-electron chi connectivity index (χ4n) is 1.55. The summed E-state index contributed by atoms with van der Waals surface area (Å²) in [5.41, 5.74) is 0.490. The first-order valence-corrected chi connectivity index (χ1v) is 5.79. The molecule has 0 bridgehead atoms. The minimum absolute atomic E-state index is 0.226. The van der Waals surface area contributed by atoms with Crippen molar-refractivity contribution >= 4 is 11.7 Å². The molecule has 0 aliphatic rings. The van der Waals surface area contributed by atoms with Gasteiger partial charge in [0, 0.05) is 11.8 Å². The summed E-state index contributed by atoms with van der Waals surface area (Å²) in [6.45, 7) is 3.93. The van der Waals surface area contributed by atoms with Gasteiger partial charge < -0.3 is 5.32 Å². The van der Waals surface area contributed by atoms with Crippen molar-refractivity contribution in [3.63, 3.8) is 0 Å². The quantitative estimate of drug-likeness (QED) is 0.896. The van der Waals surface area contributed by atoms with Crippen LogP contribution in [0.15, 0.2) is 24.3 Å². The summed E-state index contributed by atoms with van der Waals surface area (Å²) in [6.07, 6.45) is 0. The Kier molecular flexibility index (Phi) is 3.59. The molecule has 2 aromatic rings. The number of carbonyl (C=O) groups excluding carboxylic acids is 1. The van der Waals surface area contributed by atoms with E-state index in [1.807, 2.05) is 13.8 Å². The lowest BCUT2D eigenvalue weighted by Gasteiger charge is -2.03. The molecule has 0 aliphatic heterocycles. The number of hydrogen-bond acceptors (Lipinski definition) is 2. The molecule has 0 spiro atoms. The van der Waals surface area contributed by atoms with E-state index in [4.69, 9.17) is 0 Å². The summed E-state index contributed by atoms with van der Waals surface area (Å²) in [5, 5.41) is 9.05. The van der Waals surface area contributed by atoms with E-state index in [9.17, 15) is 13.6 Å². The third kappa shape index (κ3) is 2.96. The molecule has 0 saturated carbocycles. The highest BCUT2D eigenvalue weighted by Gasteiger charge is 2.14. The van der Waals surface area contributed by atoms with Gasteiger partial charge in [0.2, 0.25) is 0 Å². The van der Waals surface area contributed by atoms with Crippen molar-refractivity contribution in [3.05, 3.63) is 47.2 Å². The molecule has 1 amide bonds. The van der Waals surface area contributed by atoms with Gasteiger partial charge in [-0.3, -0.25) is 9.89 Å². The van der Waals surface area contributed by atoms with Crippen molar-refractivity contribution in [1.29, 1.82) is 0 Å². The Morgan fingerprint density at radius 1 is 1.32 bits per heavy atom. The monoisotopic (exact) mass is 265 g/mol. The number of hydrogen-bond donors (Lipinski definition) is 2. The van der Waals surface area contributed by atoms with Crippen LogP contribution in [-0.2, 0) is 0 Å². The fourth-order valence-corrected chi connectivity index (χ4v) is 1.55. The number of anilines is 1. The Morgan fingerprint density at radius 3 is 2.68 bits per heavy atom. The maximum absolute atomic E-state index is 13.4. The summed E-state index contributed by atoms with van der Waals surface area (Å²) >= 11 is 0. The molecule has 0 fully saturated rings. The van der Waals surface area contributed by atoms with E-state index in [0.717, 1.165) is 23.9 Å². The number of benzene rings is 1. The number of carbonyl (C=O) groups is 1. The summed E-state index contributed by atoms with van der Waals surface area (Å²) in [6, 6.07) is 4.37. The Balaban J connectivity index is 2.18. The Bertz CT molecular complexity index is 608. The molecule has 4 nitrogen and oxygen atoms in total. The molecular weight excluding hydrogens is 252 g/mol. The number of H-pyrrole nitrogens is 1. The second-order valence-corrected chi connectivity index (χ2v) is 4.44. The SMILES string of the molecule is CC(C)c1cc(NC(=O)c2cc(F)ccc2F)n[nH]1. The molecule has 0 radical (unpaired) electrons. The number of halogens is 2. The van der Waals surface area contributed by atoms with Crippen LogP contribution < -0.4 is 5.32 Å². The summed E-state index contributed by atoms with van der Waals surface area (Å²) in [4.78, 5) is 11.8. The fraction of sp³-hybridized carbons (Fsp3) is 0.231. The highest BCUT2D eigenvalue weighted by Crippen LogP contribution is 2.16. The van der Waals surface area contributed by atoms with Crippen molar-refractivity contribution < 1.29 is 13.6 Å². The molecular formula is C13H13F2N3O. The van der Waals surface area contributed by atoms with Crippen LogP contribution >= 0.6 is 0 Å². The molecule has 2 N–H and O–H groups in total. The van der Waals surface area contributed by atoms with Gasteiger partial charge in [0.1, 0.15) is 11.6 Å². The van der Waals surface area contributed by atoms with Crippen molar-refractivity contribution in [1.82, 2.24) is 10.2 Å². The topological polar surface area (TPSA) is 57.8 Å². The summed E-state index contributed by atoms with van der Waals surface area (Å²) < 4.78 is 26.4. The van der Waals surface area contributed by atoms with Crippen LogP contribution in [-0.4, -0.2) is 16.1 Å². The van der Waals surface area contributed by atoms with Crippen LogP contribution in [0.25, 0.3) is 0 Å². The minimum atomic E-state index is -0.779. The van der Waals surface area contributed by atoms with Crippen molar-refractivity contribution in [2.24, 2.45) is 0 Å². The van der Waals surface area contributed by atoms with Crippen LogP contribution in [0.5, 0.6) is 0 Å². The van der Waals surface area contributed by atoms with Gasteiger partial charge in [-0.2, -0.15) is 5.10 Å². The lowest BCUT2D eigenvalue weighted by molar-refractivity contribution is 0.102. The van der Waals surface area contributed by atoms with Gasteiger partial charge in [-0.15, -0.1) is 0 Å². The maximum atomic E-state index is 13.4. The molecule has 19 heavy (non-hydrogen) atoms. The second-order valence-electron chi connectivity index (χ2n) is 4.44. The predicted molar refractivity (Wildman–Crippen MR) is 67.0 cm³/mol. The van der Waals surface area contributed by atoms with Crippen molar-refractivity contribution in [3.8, 4) is 0 Å². The average molecular weight is 265 g/mol. The summed E-state index contributed by atoms with van der Waals surface area (Å²) in [7, 11) is 0. The zero-order valence-corrected chi connectivity index (χ0v) is 10.5. The van der Waals surface area contributed by atoms with Gasteiger partial charge >= 0.3 is 0 Å². The Labute approximate surface area is 108 Å². The number of amides is 1. The Hall–Kier alpha value is -2.24. The van der Waals surface area contributed by atoms with E-state index in [1.54, 1.807) is 6.07 Å². The Morgan fingerprint density at radius 2 is 2.05 bits per heavy atom. The van der Waals surface area contributed by atoms with E-state index in [0.29, 0.717) is 0 Å². The number of nitrogens with zero attached hydrogens (tertiary/aromatic N) is 1. The standard InChI is InChI=1S/C13H13F2N3O/c1-7(2)11-6-12(18-17-11)16-13(19)9-5-8(14)3-4-10(9)15/h3-7H,1-2H3,(H2,16,17,18,19). The number of rotatable bonds is 3. The second kappa shape index (κ2) is 5.17. The lowest BCUT2D eigenvalue weighted by atomic mass is 10.1. The van der Waals surface area contributed by atoms with Crippen LogP contribution in [0.2, 0.25) is 0 Å². The predicted octanol–water partition coefficient (Wildman–Crippen LogP) is 3.06. The molecule has 1 aromatic carbocycles. The van der Waals surface area contributed by atoms with Gasteiger partial charge in [0.25, 0.3) is 5.91 Å². The van der Waals surface area contributed by atoms with Crippen molar-refractivity contribution in [2.45, 2.75) is 19.8 Å². The van der Waals surface area contributed by atoms with Gasteiger partial charge in [-0.25, -0.2) is 8.78 Å². The van der Waals surface area contributed by atoms with E-state index < -0.39 is 17.5 Å². The third-order valence-electron chi connectivity index (χ3n) is 2.63. The zero-order chi connectivity index (χ0) is 14.0. The van der Waals surface area contributed by atoms with Crippen LogP contribution in [0.1, 0.15) is 35.8 Å². The van der Waals surface area contributed by atoms with Crippen LogP contribution in [0.3, 0.4) is 0 Å². The number of aromatic amines is 1. The number of aromatic nitrogens is 2. The lowest BCUT2D eigenvalue weighted by Crippen LogP contribution is -2.14. The highest BCUT2D eigenvalue weighted by atomic mass is 19.1. The third-order valence-corrected chi connectivity index (χ3v) is 2.63. The molecule has 1 heterocycles. The van der Waals surface area contributed by atoms with Gasteiger partial charge in [-0.1, -0.05) is 13.8 Å². The van der Waals surface area contributed by atoms with Gasteiger partial charge in [-0.05, 0) is 24.1 Å². The molecule has 100 valence electrons. The van der Waals surface area contributed by atoms with E-state index in [2.05, 4.69) is 15.5 Å². The molecule has 6 heteroatoms. The normalized spacial score (nSPS) is 10.8. The molecule has 0 saturated heterocycles. The minimum Gasteiger partial charge on any atom is -0.305 e. The first-order chi connectivity index (χ1) is 8.97. The smallest absolute Gasteiger partial charge is 0.259 e. The van der Waals surface area contributed by atoms with E-state index in [1.165, 1.54) is 0 Å². The van der Waals surface area contributed by atoms with Crippen molar-refractivity contribution in [2.75, 3.05) is 5.32 Å². The van der Waals surface area contributed by atoms with Crippen LogP contribution in [0, 0.1) is 11.6 Å². The molecule has 0 unspecified atom stereocenters. The largest absolute Gasteiger partial charge is 0.305 e. The number of nitrogens with one attached hydrogen (secondary N) is 2. The summed E-state index contributed by atoms with van der Waals surface area (Å²) in [5.74, 6) is -1.69. The van der Waals surface area contributed by atoms with Gasteiger partial charge in [0.15, 0.2) is 5.82 Å². The average Bonchev–Trinajstić information content (AvgIpc) is 2.80. The van der Waals surface area contributed by atoms with Crippen LogP contribution in [0.4, 0.5) is 14.6 Å². The molecule has 1 aromatic heterocycles. The van der Waals surface area contributed by atoms with E-state index >= 15 is 0 Å². The van der Waals surface area contributed by atoms with Gasteiger partial charge in [0.05, 0.1) is 5.56 Å². The first-order valence-electron chi connectivity index (χ1n) is 5.79. The highest BCUT2D eigenvalue weighted by molar-refractivity contribution is 6.03. The first kappa shape index (κ1) is 13.2. The molecule has 0 atom stereocenters. The molecule has 0 aliphatic carbocycles. The molecule has 2 rings (SSSR count).